The highest BCUT2D eigenvalue weighted by molar-refractivity contribution is 9.10. The van der Waals surface area contributed by atoms with Crippen molar-refractivity contribution in [3.05, 3.63) is 52.8 Å². The molecule has 0 unspecified atom stereocenters. The predicted octanol–water partition coefficient (Wildman–Crippen LogP) is 3.15. The third kappa shape index (κ3) is 6.15. The quantitative estimate of drug-likeness (QED) is 0.508. The lowest BCUT2D eigenvalue weighted by molar-refractivity contribution is 0.139. The zero-order chi connectivity index (χ0) is 16.5. The number of amides is 1. The number of nitrogens with zero attached hydrogens (tertiary/aromatic N) is 1. The van der Waals surface area contributed by atoms with Crippen molar-refractivity contribution in [2.45, 2.75) is 13.0 Å². The number of carbonyl (C=O) groups excluding carboxylic acids is 1. The minimum Gasteiger partial charge on any atom is -0.445 e. The van der Waals surface area contributed by atoms with Crippen LogP contribution in [0.25, 0.3) is 0 Å². The van der Waals surface area contributed by atoms with Gasteiger partial charge in [-0.3, -0.25) is 0 Å². The third-order valence-corrected chi connectivity index (χ3v) is 3.49. The van der Waals surface area contributed by atoms with Gasteiger partial charge < -0.3 is 21.1 Å². The largest absolute Gasteiger partial charge is 0.445 e. The Kier molecular flexibility index (Phi) is 6.68. The second-order valence-corrected chi connectivity index (χ2v) is 5.68. The average Bonchev–Trinajstić information content (AvgIpc) is 2.55. The van der Waals surface area contributed by atoms with Gasteiger partial charge in [0.05, 0.1) is 17.6 Å². The van der Waals surface area contributed by atoms with Crippen molar-refractivity contribution in [1.82, 2.24) is 10.3 Å². The lowest BCUT2D eigenvalue weighted by Crippen LogP contribution is -2.26. The van der Waals surface area contributed by atoms with Gasteiger partial charge in [0.15, 0.2) is 0 Å². The molecule has 1 aromatic carbocycles. The summed E-state index contributed by atoms with van der Waals surface area (Å²) < 4.78 is 5.82. The zero-order valence-corrected chi connectivity index (χ0v) is 14.2. The van der Waals surface area contributed by atoms with Crippen LogP contribution < -0.4 is 16.4 Å². The van der Waals surface area contributed by atoms with E-state index < -0.39 is 6.09 Å². The summed E-state index contributed by atoms with van der Waals surface area (Å²) in [5.74, 6) is 0. The first-order valence-electron chi connectivity index (χ1n) is 7.24. The molecule has 6 nitrogen and oxygen atoms in total. The van der Waals surface area contributed by atoms with Crippen LogP contribution in [0.5, 0.6) is 0 Å². The number of carbonyl (C=O) groups is 1. The first-order valence-corrected chi connectivity index (χ1v) is 8.04. The van der Waals surface area contributed by atoms with E-state index in [1.54, 1.807) is 12.3 Å². The number of ether oxygens (including phenoxy) is 1. The fourth-order valence-electron chi connectivity index (χ4n) is 1.87. The normalized spacial score (nSPS) is 10.1. The van der Waals surface area contributed by atoms with Gasteiger partial charge in [0, 0.05) is 13.1 Å². The molecule has 7 heteroatoms. The number of pyridine rings is 1. The van der Waals surface area contributed by atoms with Crippen LogP contribution in [-0.4, -0.2) is 24.2 Å². The molecule has 1 amide bonds. The second kappa shape index (κ2) is 8.99. The van der Waals surface area contributed by atoms with E-state index in [9.17, 15) is 4.79 Å². The number of hydrogen-bond donors (Lipinski definition) is 3. The van der Waals surface area contributed by atoms with E-state index in [1.807, 2.05) is 30.3 Å². The summed E-state index contributed by atoms with van der Waals surface area (Å²) in [4.78, 5) is 15.7. The monoisotopic (exact) mass is 378 g/mol. The number of benzene rings is 1. The number of nitrogens with one attached hydrogen (secondary N) is 2. The number of aromatic nitrogens is 1. The Hall–Kier alpha value is -2.28. The molecule has 0 aliphatic rings. The summed E-state index contributed by atoms with van der Waals surface area (Å²) in [5, 5.41) is 5.88. The molecule has 2 rings (SSSR count). The highest BCUT2D eigenvalue weighted by Crippen LogP contribution is 2.20. The van der Waals surface area contributed by atoms with Gasteiger partial charge >= 0.3 is 6.09 Å². The van der Waals surface area contributed by atoms with Crippen LogP contribution in [0.3, 0.4) is 0 Å². The molecule has 0 aliphatic carbocycles. The number of hydrogen-bond acceptors (Lipinski definition) is 5. The maximum Gasteiger partial charge on any atom is 0.407 e. The Morgan fingerprint density at radius 2 is 2.04 bits per heavy atom. The van der Waals surface area contributed by atoms with Crippen LogP contribution >= 0.6 is 15.9 Å². The molecule has 0 radical (unpaired) electrons. The first kappa shape index (κ1) is 17.1. The molecule has 23 heavy (non-hydrogen) atoms. The molecule has 0 bridgehead atoms. The summed E-state index contributed by atoms with van der Waals surface area (Å²) in [6.45, 7) is 1.46. The topological polar surface area (TPSA) is 89.3 Å². The third-order valence-electron chi connectivity index (χ3n) is 3.05. The van der Waals surface area contributed by atoms with E-state index in [-0.39, 0.29) is 6.61 Å². The molecular formula is C16H19BrN4O2. The van der Waals surface area contributed by atoms with Gasteiger partial charge in [-0.15, -0.1) is 0 Å². The molecule has 0 saturated carbocycles. The van der Waals surface area contributed by atoms with Gasteiger partial charge in [-0.25, -0.2) is 9.78 Å². The van der Waals surface area contributed by atoms with Crippen LogP contribution in [0, 0.1) is 0 Å². The minimum absolute atomic E-state index is 0.270. The molecule has 0 atom stereocenters. The van der Waals surface area contributed by atoms with E-state index in [4.69, 9.17) is 10.5 Å². The Labute approximate surface area is 143 Å². The number of anilines is 2. The van der Waals surface area contributed by atoms with Crippen LogP contribution in [0.4, 0.5) is 16.2 Å². The standard InChI is InChI=1S/C16H19BrN4O2/c17-15-9-13(18)14(10-21-15)19-7-4-8-20-16(22)23-11-12-5-2-1-3-6-12/h1-3,5-6,9-10,19H,4,7-8,11H2,(H2,18,21)(H,20,22). The first-order chi connectivity index (χ1) is 11.1. The van der Waals surface area contributed by atoms with Crippen molar-refractivity contribution < 1.29 is 9.53 Å². The molecule has 0 spiro atoms. The van der Waals surface area contributed by atoms with Crippen LogP contribution in [0.1, 0.15) is 12.0 Å². The van der Waals surface area contributed by atoms with Crippen LogP contribution in [-0.2, 0) is 11.3 Å². The molecular weight excluding hydrogens is 360 g/mol. The van der Waals surface area contributed by atoms with Crippen LogP contribution in [0.15, 0.2) is 47.2 Å². The predicted molar refractivity (Wildman–Crippen MR) is 94.1 cm³/mol. The number of nitrogen functional groups attached to an aromatic ring is 1. The summed E-state index contributed by atoms with van der Waals surface area (Å²) >= 11 is 3.26. The van der Waals surface area contributed by atoms with Gasteiger partial charge in [-0.2, -0.15) is 0 Å². The Balaban J connectivity index is 1.59. The van der Waals surface area contributed by atoms with Crippen molar-refractivity contribution in [1.29, 1.82) is 0 Å². The fraction of sp³-hybridized carbons (Fsp3) is 0.250. The van der Waals surface area contributed by atoms with Crippen molar-refractivity contribution in [3.8, 4) is 0 Å². The van der Waals surface area contributed by atoms with Gasteiger partial charge in [0.2, 0.25) is 0 Å². The second-order valence-electron chi connectivity index (χ2n) is 4.86. The summed E-state index contributed by atoms with van der Waals surface area (Å²) in [6.07, 6.45) is 2.00. The molecule has 0 fully saturated rings. The van der Waals surface area contributed by atoms with Gasteiger partial charge in [-0.1, -0.05) is 30.3 Å². The number of halogens is 1. The Morgan fingerprint density at radius 3 is 2.78 bits per heavy atom. The van der Waals surface area contributed by atoms with E-state index in [1.165, 1.54) is 0 Å². The van der Waals surface area contributed by atoms with E-state index in [0.29, 0.717) is 23.4 Å². The maximum absolute atomic E-state index is 11.6. The van der Waals surface area contributed by atoms with Crippen LogP contribution in [0.2, 0.25) is 0 Å². The highest BCUT2D eigenvalue weighted by atomic mass is 79.9. The summed E-state index contributed by atoms with van der Waals surface area (Å²) in [7, 11) is 0. The van der Waals surface area contributed by atoms with Gasteiger partial charge in [-0.05, 0) is 34.0 Å². The molecule has 4 N–H and O–H groups in total. The number of rotatable bonds is 7. The molecule has 1 heterocycles. The SMILES string of the molecule is Nc1cc(Br)ncc1NCCCNC(=O)OCc1ccccc1. The number of alkyl carbamates (subject to hydrolysis) is 1. The molecule has 122 valence electrons. The van der Waals surface area contributed by atoms with Crippen molar-refractivity contribution in [3.63, 3.8) is 0 Å². The molecule has 2 aromatic rings. The average molecular weight is 379 g/mol. The fourth-order valence-corrected chi connectivity index (χ4v) is 2.22. The maximum atomic E-state index is 11.6. The highest BCUT2D eigenvalue weighted by Gasteiger charge is 2.03. The molecule has 0 aliphatic heterocycles. The molecule has 1 aromatic heterocycles. The zero-order valence-electron chi connectivity index (χ0n) is 12.6. The smallest absolute Gasteiger partial charge is 0.407 e. The Morgan fingerprint density at radius 1 is 1.26 bits per heavy atom. The van der Waals surface area contributed by atoms with Gasteiger partial charge in [0.25, 0.3) is 0 Å². The number of nitrogens with two attached hydrogens (primary N) is 1. The lowest BCUT2D eigenvalue weighted by Gasteiger charge is -2.10. The van der Waals surface area contributed by atoms with Gasteiger partial charge in [0.1, 0.15) is 11.2 Å². The van der Waals surface area contributed by atoms with Crippen molar-refractivity contribution >= 4 is 33.4 Å². The van der Waals surface area contributed by atoms with Crippen molar-refractivity contribution in [2.24, 2.45) is 0 Å². The van der Waals surface area contributed by atoms with Crippen molar-refractivity contribution in [2.75, 3.05) is 24.1 Å². The van der Waals surface area contributed by atoms with E-state index >= 15 is 0 Å². The summed E-state index contributed by atoms with van der Waals surface area (Å²) in [6, 6.07) is 11.3. The summed E-state index contributed by atoms with van der Waals surface area (Å²) in [5.41, 5.74) is 8.22. The molecule has 0 saturated heterocycles. The minimum atomic E-state index is -0.418. The van der Waals surface area contributed by atoms with E-state index in [2.05, 4.69) is 31.5 Å². The van der Waals surface area contributed by atoms with E-state index in [0.717, 1.165) is 17.7 Å². The lowest BCUT2D eigenvalue weighted by atomic mass is 10.2. The Bertz CT molecular complexity index is 637.